The van der Waals surface area contributed by atoms with Gasteiger partial charge in [0.1, 0.15) is 23.5 Å². The molecule has 0 saturated heterocycles. The molecule has 9 heteroatoms. The summed E-state index contributed by atoms with van der Waals surface area (Å²) in [6, 6.07) is 1.09. The summed E-state index contributed by atoms with van der Waals surface area (Å²) in [7, 11) is 1.54. The highest BCUT2D eigenvalue weighted by atomic mass is 35.5. The van der Waals surface area contributed by atoms with Crippen LogP contribution in [-0.4, -0.2) is 49.4 Å². The maximum Gasteiger partial charge on any atom is 0.345 e. The Kier molecular flexibility index (Phi) is 6.85. The quantitative estimate of drug-likeness (QED) is 0.235. The first-order valence-corrected chi connectivity index (χ1v) is 5.97. The number of carbonyl (C=O) groups excluding carboxylic acids is 1. The van der Waals surface area contributed by atoms with Crippen LogP contribution in [0.25, 0.3) is 0 Å². The molecular weight excluding hydrogens is 292 g/mol. The van der Waals surface area contributed by atoms with Crippen LogP contribution in [0.3, 0.4) is 0 Å². The summed E-state index contributed by atoms with van der Waals surface area (Å²) >= 11 is 5.60. The average molecular weight is 305 g/mol. The molecular formula is C11H13ClN2O6. The largest absolute Gasteiger partial charge is 0.459 e. The highest BCUT2D eigenvalue weighted by Gasteiger charge is 2.22. The number of nitrogens with zero attached hydrogens (tertiary/aromatic N) is 2. The fourth-order valence-electron chi connectivity index (χ4n) is 1.25. The molecule has 1 rings (SSSR count). The number of hydrogen-bond acceptors (Lipinski definition) is 7. The summed E-state index contributed by atoms with van der Waals surface area (Å²) in [4.78, 5) is 25.3. The van der Waals surface area contributed by atoms with Gasteiger partial charge in [0.05, 0.1) is 24.7 Å². The molecule has 0 atom stereocenters. The SMILES string of the molecule is COCCOCCOC(=O)c1cc(Cl)ncc1[N+](=O)[O-]. The Balaban J connectivity index is 2.54. The monoisotopic (exact) mass is 304 g/mol. The van der Waals surface area contributed by atoms with E-state index in [-0.39, 0.29) is 23.9 Å². The fraction of sp³-hybridized carbons (Fsp3) is 0.455. The summed E-state index contributed by atoms with van der Waals surface area (Å²) in [5, 5.41) is 10.7. The third-order valence-electron chi connectivity index (χ3n) is 2.16. The number of halogens is 1. The van der Waals surface area contributed by atoms with Gasteiger partial charge in [0.15, 0.2) is 0 Å². The van der Waals surface area contributed by atoms with Crippen molar-refractivity contribution in [3.05, 3.63) is 33.1 Å². The van der Waals surface area contributed by atoms with Gasteiger partial charge in [-0.3, -0.25) is 10.1 Å². The van der Waals surface area contributed by atoms with E-state index in [1.807, 2.05) is 0 Å². The molecule has 0 aliphatic heterocycles. The van der Waals surface area contributed by atoms with Gasteiger partial charge in [-0.2, -0.15) is 0 Å². The summed E-state index contributed by atoms with van der Waals surface area (Å²) in [6.07, 6.45) is 0.911. The molecule has 0 N–H and O–H groups in total. The summed E-state index contributed by atoms with van der Waals surface area (Å²) in [5.74, 6) is -0.851. The zero-order valence-corrected chi connectivity index (χ0v) is 11.5. The molecule has 8 nitrogen and oxygen atoms in total. The van der Waals surface area contributed by atoms with Crippen molar-refractivity contribution >= 4 is 23.3 Å². The van der Waals surface area contributed by atoms with E-state index in [0.29, 0.717) is 13.2 Å². The molecule has 0 bridgehead atoms. The third kappa shape index (κ3) is 5.08. The molecule has 0 unspecified atom stereocenters. The maximum atomic E-state index is 11.7. The van der Waals surface area contributed by atoms with Crippen molar-refractivity contribution in [2.24, 2.45) is 0 Å². The number of methoxy groups -OCH3 is 1. The molecule has 0 spiro atoms. The zero-order valence-electron chi connectivity index (χ0n) is 10.7. The normalized spacial score (nSPS) is 10.3. The molecule has 1 aromatic heterocycles. The van der Waals surface area contributed by atoms with E-state index in [9.17, 15) is 14.9 Å². The third-order valence-corrected chi connectivity index (χ3v) is 2.37. The van der Waals surface area contributed by atoms with Gasteiger partial charge in [0.2, 0.25) is 0 Å². The molecule has 0 amide bonds. The molecule has 0 saturated carbocycles. The lowest BCUT2D eigenvalue weighted by Crippen LogP contribution is -2.14. The number of pyridine rings is 1. The number of ether oxygens (including phenoxy) is 3. The maximum absolute atomic E-state index is 11.7. The number of hydrogen-bond donors (Lipinski definition) is 0. The van der Waals surface area contributed by atoms with Gasteiger partial charge in [-0.1, -0.05) is 11.6 Å². The van der Waals surface area contributed by atoms with Crippen LogP contribution in [0.2, 0.25) is 5.15 Å². The molecule has 0 fully saturated rings. The number of carbonyl (C=O) groups is 1. The molecule has 20 heavy (non-hydrogen) atoms. The van der Waals surface area contributed by atoms with Gasteiger partial charge >= 0.3 is 11.7 Å². The van der Waals surface area contributed by atoms with Crippen LogP contribution in [-0.2, 0) is 14.2 Å². The van der Waals surface area contributed by atoms with E-state index in [1.165, 1.54) is 7.11 Å². The minimum Gasteiger partial charge on any atom is -0.459 e. The van der Waals surface area contributed by atoms with Gasteiger partial charge in [0.25, 0.3) is 0 Å². The topological polar surface area (TPSA) is 101 Å². The van der Waals surface area contributed by atoms with Gasteiger partial charge in [0, 0.05) is 7.11 Å². The lowest BCUT2D eigenvalue weighted by molar-refractivity contribution is -0.385. The van der Waals surface area contributed by atoms with E-state index in [4.69, 9.17) is 25.8 Å². The lowest BCUT2D eigenvalue weighted by Gasteiger charge is -2.06. The Morgan fingerprint density at radius 3 is 2.75 bits per heavy atom. The second-order valence-corrected chi connectivity index (χ2v) is 3.91. The van der Waals surface area contributed by atoms with E-state index < -0.39 is 16.6 Å². The van der Waals surface area contributed by atoms with Crippen molar-refractivity contribution in [3.63, 3.8) is 0 Å². The molecule has 1 heterocycles. The van der Waals surface area contributed by atoms with E-state index in [1.54, 1.807) is 0 Å². The molecule has 0 aliphatic rings. The minimum absolute atomic E-state index is 0.0281. The molecule has 0 aromatic carbocycles. The van der Waals surface area contributed by atoms with Gasteiger partial charge in [-0.25, -0.2) is 9.78 Å². The van der Waals surface area contributed by atoms with E-state index in [2.05, 4.69) is 4.98 Å². The summed E-state index contributed by atoms with van der Waals surface area (Å²) in [5.41, 5.74) is -0.702. The smallest absolute Gasteiger partial charge is 0.345 e. The predicted octanol–water partition coefficient (Wildman–Crippen LogP) is 1.46. The molecule has 0 radical (unpaired) electrons. The summed E-state index contributed by atoms with van der Waals surface area (Å²) < 4.78 is 14.7. The van der Waals surface area contributed by atoms with Crippen LogP contribution >= 0.6 is 11.6 Å². The first-order valence-electron chi connectivity index (χ1n) is 5.60. The van der Waals surface area contributed by atoms with Crippen molar-refractivity contribution in [3.8, 4) is 0 Å². The Morgan fingerprint density at radius 1 is 1.40 bits per heavy atom. The molecule has 110 valence electrons. The first-order chi connectivity index (χ1) is 9.56. The molecule has 0 aliphatic carbocycles. The number of rotatable bonds is 8. The van der Waals surface area contributed by atoms with Gasteiger partial charge in [-0.05, 0) is 6.07 Å². The van der Waals surface area contributed by atoms with Crippen LogP contribution in [0, 0.1) is 10.1 Å². The zero-order chi connectivity index (χ0) is 15.0. The second kappa shape index (κ2) is 8.41. The van der Waals surface area contributed by atoms with Gasteiger partial charge < -0.3 is 14.2 Å². The first kappa shape index (κ1) is 16.3. The van der Waals surface area contributed by atoms with Crippen molar-refractivity contribution in [2.75, 3.05) is 33.5 Å². The van der Waals surface area contributed by atoms with Crippen LogP contribution < -0.4 is 0 Å². The number of aromatic nitrogens is 1. The van der Waals surface area contributed by atoms with Crippen LogP contribution in [0.15, 0.2) is 12.3 Å². The van der Waals surface area contributed by atoms with Crippen LogP contribution in [0.1, 0.15) is 10.4 Å². The van der Waals surface area contributed by atoms with Crippen molar-refractivity contribution in [1.29, 1.82) is 0 Å². The van der Waals surface area contributed by atoms with E-state index in [0.717, 1.165) is 12.3 Å². The summed E-state index contributed by atoms with van der Waals surface area (Å²) in [6.45, 7) is 0.940. The highest BCUT2D eigenvalue weighted by molar-refractivity contribution is 6.29. The highest BCUT2D eigenvalue weighted by Crippen LogP contribution is 2.21. The fourth-order valence-corrected chi connectivity index (χ4v) is 1.40. The second-order valence-electron chi connectivity index (χ2n) is 3.52. The van der Waals surface area contributed by atoms with Crippen LogP contribution in [0.5, 0.6) is 0 Å². The van der Waals surface area contributed by atoms with E-state index >= 15 is 0 Å². The van der Waals surface area contributed by atoms with Crippen molar-refractivity contribution in [1.82, 2.24) is 4.98 Å². The van der Waals surface area contributed by atoms with Crippen molar-refractivity contribution in [2.45, 2.75) is 0 Å². The standard InChI is InChI=1S/C11H13ClN2O6/c1-18-2-3-19-4-5-20-11(15)8-6-10(12)13-7-9(8)14(16)17/h6-7H,2-5H2,1H3. The Labute approximate surface area is 119 Å². The average Bonchev–Trinajstić information content (AvgIpc) is 2.42. The number of nitro groups is 1. The van der Waals surface area contributed by atoms with Crippen LogP contribution in [0.4, 0.5) is 5.69 Å². The molecule has 1 aromatic rings. The minimum atomic E-state index is -0.851. The Morgan fingerprint density at radius 2 is 2.10 bits per heavy atom. The van der Waals surface area contributed by atoms with Crippen molar-refractivity contribution < 1.29 is 23.9 Å². The lowest BCUT2D eigenvalue weighted by atomic mass is 10.2. The van der Waals surface area contributed by atoms with Gasteiger partial charge in [-0.15, -0.1) is 0 Å². The Hall–Kier alpha value is -1.77. The Bertz CT molecular complexity index is 482. The number of esters is 1. The predicted molar refractivity (Wildman–Crippen MR) is 68.9 cm³/mol.